The van der Waals surface area contributed by atoms with Gasteiger partial charge in [-0.3, -0.25) is 0 Å². The van der Waals surface area contributed by atoms with E-state index in [2.05, 4.69) is 17.4 Å². The zero-order valence-corrected chi connectivity index (χ0v) is 13.4. The summed E-state index contributed by atoms with van der Waals surface area (Å²) in [6.45, 7) is 3.30. The molecule has 1 N–H and O–H groups in total. The van der Waals surface area contributed by atoms with Crippen LogP contribution in [0.1, 0.15) is 95.2 Å². The molecule has 0 spiro atoms. The number of hydrogen-bond donors (Lipinski definition) is 1. The minimum atomic E-state index is -0.0401. The van der Waals surface area contributed by atoms with Crippen molar-refractivity contribution in [3.05, 3.63) is 11.7 Å². The Kier molecular flexibility index (Phi) is 4.94. The molecular weight excluding hydrogens is 262 g/mol. The lowest BCUT2D eigenvalue weighted by Crippen LogP contribution is -2.37. The summed E-state index contributed by atoms with van der Waals surface area (Å²) in [6.07, 6.45) is 13.8. The molecule has 1 saturated heterocycles. The molecule has 1 aliphatic heterocycles. The second-order valence-electron chi connectivity index (χ2n) is 6.86. The molecule has 1 aromatic rings. The van der Waals surface area contributed by atoms with E-state index in [9.17, 15) is 0 Å². The molecule has 0 bridgehead atoms. The van der Waals surface area contributed by atoms with E-state index in [1.807, 2.05) is 0 Å². The Balaban J connectivity index is 1.75. The summed E-state index contributed by atoms with van der Waals surface area (Å²) in [7, 11) is 0. The van der Waals surface area contributed by atoms with E-state index in [1.54, 1.807) is 0 Å². The molecule has 3 rings (SSSR count). The summed E-state index contributed by atoms with van der Waals surface area (Å²) in [4.78, 5) is 4.84. The summed E-state index contributed by atoms with van der Waals surface area (Å²) in [5.41, 5.74) is -0.0401. The molecule has 0 radical (unpaired) electrons. The third kappa shape index (κ3) is 3.31. The van der Waals surface area contributed by atoms with Gasteiger partial charge < -0.3 is 9.84 Å². The first-order valence-corrected chi connectivity index (χ1v) is 8.93. The third-order valence-electron chi connectivity index (χ3n) is 5.24. The van der Waals surface area contributed by atoms with Crippen LogP contribution >= 0.6 is 0 Å². The molecule has 2 fully saturated rings. The van der Waals surface area contributed by atoms with Gasteiger partial charge in [0.1, 0.15) is 0 Å². The van der Waals surface area contributed by atoms with Crippen LogP contribution in [0.25, 0.3) is 0 Å². The van der Waals surface area contributed by atoms with Crippen LogP contribution in [0.15, 0.2) is 4.52 Å². The van der Waals surface area contributed by atoms with E-state index >= 15 is 0 Å². The fourth-order valence-electron chi connectivity index (χ4n) is 4.05. The predicted molar refractivity (Wildman–Crippen MR) is 83.2 cm³/mol. The Bertz CT molecular complexity index is 429. The predicted octanol–water partition coefficient (Wildman–Crippen LogP) is 4.28. The van der Waals surface area contributed by atoms with Crippen LogP contribution in [0, 0.1) is 0 Å². The van der Waals surface area contributed by atoms with Crippen molar-refractivity contribution in [3.63, 3.8) is 0 Å². The van der Waals surface area contributed by atoms with Gasteiger partial charge in [-0.1, -0.05) is 50.6 Å². The van der Waals surface area contributed by atoms with Crippen molar-refractivity contribution in [1.29, 1.82) is 0 Å². The molecule has 2 aliphatic rings. The van der Waals surface area contributed by atoms with Crippen molar-refractivity contribution in [2.75, 3.05) is 6.54 Å². The fourth-order valence-corrected chi connectivity index (χ4v) is 4.05. The largest absolute Gasteiger partial charge is 0.337 e. The molecular formula is C17H29N3O. The molecule has 1 unspecified atom stereocenters. The van der Waals surface area contributed by atoms with Crippen molar-refractivity contribution in [2.24, 2.45) is 0 Å². The quantitative estimate of drug-likeness (QED) is 0.899. The van der Waals surface area contributed by atoms with E-state index in [-0.39, 0.29) is 5.54 Å². The van der Waals surface area contributed by atoms with Gasteiger partial charge in [0.05, 0.1) is 5.54 Å². The van der Waals surface area contributed by atoms with Crippen LogP contribution in [-0.2, 0) is 5.54 Å². The first-order valence-electron chi connectivity index (χ1n) is 8.93. The van der Waals surface area contributed by atoms with Crippen molar-refractivity contribution in [3.8, 4) is 0 Å². The maximum atomic E-state index is 5.71. The van der Waals surface area contributed by atoms with Gasteiger partial charge in [-0.05, 0) is 38.6 Å². The third-order valence-corrected chi connectivity index (χ3v) is 5.24. The van der Waals surface area contributed by atoms with Gasteiger partial charge >= 0.3 is 0 Å². The fraction of sp³-hybridized carbons (Fsp3) is 0.882. The van der Waals surface area contributed by atoms with Crippen LogP contribution in [0.4, 0.5) is 0 Å². The SMILES string of the molecule is CCCC1(c2nc(C3CCCCCCC3)no2)CCCN1. The highest BCUT2D eigenvalue weighted by Gasteiger charge is 2.40. The van der Waals surface area contributed by atoms with Gasteiger partial charge in [0, 0.05) is 5.92 Å². The molecule has 1 aliphatic carbocycles. The normalized spacial score (nSPS) is 28.4. The smallest absolute Gasteiger partial charge is 0.246 e. The maximum absolute atomic E-state index is 5.71. The van der Waals surface area contributed by atoms with Crippen LogP contribution in [-0.4, -0.2) is 16.7 Å². The number of aromatic nitrogens is 2. The molecule has 118 valence electrons. The number of nitrogens with one attached hydrogen (secondary N) is 1. The molecule has 21 heavy (non-hydrogen) atoms. The molecule has 2 heterocycles. The van der Waals surface area contributed by atoms with Gasteiger partial charge in [-0.15, -0.1) is 0 Å². The van der Waals surface area contributed by atoms with E-state index in [0.29, 0.717) is 5.92 Å². The molecule has 4 heteroatoms. The minimum absolute atomic E-state index is 0.0401. The summed E-state index contributed by atoms with van der Waals surface area (Å²) in [6, 6.07) is 0. The second-order valence-corrected chi connectivity index (χ2v) is 6.86. The van der Waals surface area contributed by atoms with Crippen LogP contribution in [0.3, 0.4) is 0 Å². The zero-order valence-electron chi connectivity index (χ0n) is 13.4. The number of nitrogens with zero attached hydrogens (tertiary/aromatic N) is 2. The van der Waals surface area contributed by atoms with Crippen LogP contribution in [0.2, 0.25) is 0 Å². The van der Waals surface area contributed by atoms with Gasteiger partial charge in [0.25, 0.3) is 0 Å². The topological polar surface area (TPSA) is 51.0 Å². The Hall–Kier alpha value is -0.900. The van der Waals surface area contributed by atoms with E-state index in [4.69, 9.17) is 9.51 Å². The summed E-state index contributed by atoms with van der Waals surface area (Å²) >= 11 is 0. The first kappa shape index (κ1) is 15.0. The van der Waals surface area contributed by atoms with Crippen LogP contribution < -0.4 is 5.32 Å². The lowest BCUT2D eigenvalue weighted by atomic mass is 9.90. The van der Waals surface area contributed by atoms with Crippen molar-refractivity contribution in [1.82, 2.24) is 15.5 Å². The van der Waals surface area contributed by atoms with Crippen LogP contribution in [0.5, 0.6) is 0 Å². The summed E-state index contributed by atoms with van der Waals surface area (Å²) in [5.74, 6) is 2.33. The zero-order chi connectivity index (χ0) is 14.5. The maximum Gasteiger partial charge on any atom is 0.246 e. The number of hydrogen-bond acceptors (Lipinski definition) is 4. The van der Waals surface area contributed by atoms with Crippen molar-refractivity contribution >= 4 is 0 Å². The molecule has 0 aromatic carbocycles. The molecule has 1 aromatic heterocycles. The van der Waals surface area contributed by atoms with Gasteiger partial charge in [-0.2, -0.15) is 4.98 Å². The molecule has 1 atom stereocenters. The average Bonchev–Trinajstić information content (AvgIpc) is 3.08. The minimum Gasteiger partial charge on any atom is -0.337 e. The summed E-state index contributed by atoms with van der Waals surface area (Å²) in [5, 5.41) is 7.99. The highest BCUT2D eigenvalue weighted by molar-refractivity contribution is 5.08. The Morgan fingerprint density at radius 3 is 2.57 bits per heavy atom. The Morgan fingerprint density at radius 2 is 1.90 bits per heavy atom. The van der Waals surface area contributed by atoms with Crippen molar-refractivity contribution in [2.45, 2.75) is 89.0 Å². The van der Waals surface area contributed by atoms with E-state index in [0.717, 1.165) is 37.5 Å². The van der Waals surface area contributed by atoms with Gasteiger partial charge in [0.15, 0.2) is 5.82 Å². The highest BCUT2D eigenvalue weighted by atomic mass is 16.5. The summed E-state index contributed by atoms with van der Waals surface area (Å²) < 4.78 is 5.71. The molecule has 1 saturated carbocycles. The van der Waals surface area contributed by atoms with Gasteiger partial charge in [0.2, 0.25) is 5.89 Å². The molecule has 4 nitrogen and oxygen atoms in total. The number of rotatable bonds is 4. The second kappa shape index (κ2) is 6.91. The first-order chi connectivity index (χ1) is 10.3. The lowest BCUT2D eigenvalue weighted by Gasteiger charge is -2.24. The van der Waals surface area contributed by atoms with E-state index in [1.165, 1.54) is 51.4 Å². The van der Waals surface area contributed by atoms with Crippen molar-refractivity contribution < 1.29 is 4.52 Å². The average molecular weight is 291 g/mol. The highest BCUT2D eigenvalue weighted by Crippen LogP contribution is 2.36. The lowest BCUT2D eigenvalue weighted by molar-refractivity contribution is 0.240. The Morgan fingerprint density at radius 1 is 1.14 bits per heavy atom. The van der Waals surface area contributed by atoms with Gasteiger partial charge in [-0.25, -0.2) is 0 Å². The van der Waals surface area contributed by atoms with E-state index < -0.39 is 0 Å². The standard InChI is InChI=1S/C17H29N3O/c1-2-11-17(12-8-13-18-17)16-19-15(20-21-16)14-9-6-4-3-5-7-10-14/h14,18H,2-13H2,1H3. The monoisotopic (exact) mass is 291 g/mol. The molecule has 0 amide bonds. The Labute approximate surface area is 128 Å².